The van der Waals surface area contributed by atoms with E-state index in [2.05, 4.69) is 25.1 Å². The van der Waals surface area contributed by atoms with Crippen molar-refractivity contribution in [1.29, 1.82) is 0 Å². The van der Waals surface area contributed by atoms with Crippen LogP contribution >= 0.6 is 0 Å². The Morgan fingerprint density at radius 2 is 1.76 bits per heavy atom. The molecule has 0 atom stereocenters. The van der Waals surface area contributed by atoms with E-state index in [1.54, 1.807) is 0 Å². The van der Waals surface area contributed by atoms with Gasteiger partial charge in [0.15, 0.2) is 0 Å². The maximum atomic E-state index is 10.2. The summed E-state index contributed by atoms with van der Waals surface area (Å²) in [5.74, 6) is 0.664. The SMILES string of the molecule is C=C(C)/C=C\C(=C)OCCCN(C)CCN(C)C[C-]=O.[Ru+]. The van der Waals surface area contributed by atoms with Gasteiger partial charge in [0, 0.05) is 19.6 Å². The first-order valence-electron chi connectivity index (χ1n) is 6.83. The van der Waals surface area contributed by atoms with Crippen molar-refractivity contribution >= 4 is 6.29 Å². The fourth-order valence-electron chi connectivity index (χ4n) is 1.46. The summed E-state index contributed by atoms with van der Waals surface area (Å²) in [5, 5.41) is 0. The van der Waals surface area contributed by atoms with Crippen molar-refractivity contribution in [3.63, 3.8) is 0 Å². The summed E-state index contributed by atoms with van der Waals surface area (Å²) in [6.07, 6.45) is 6.55. The van der Waals surface area contributed by atoms with E-state index in [0.717, 1.165) is 31.6 Å². The van der Waals surface area contributed by atoms with Gasteiger partial charge in [-0.1, -0.05) is 31.4 Å². The fraction of sp³-hybridized carbons (Fsp3) is 0.562. The molecule has 0 amide bonds. The van der Waals surface area contributed by atoms with Gasteiger partial charge in [-0.15, -0.1) is 0 Å². The zero-order valence-electron chi connectivity index (χ0n) is 13.4. The minimum atomic E-state index is 0. The molecule has 5 heteroatoms. The van der Waals surface area contributed by atoms with Crippen molar-refractivity contribution in [2.75, 3.05) is 46.9 Å². The molecule has 0 saturated heterocycles. The first-order chi connectivity index (χ1) is 9.45. The first kappa shape index (κ1) is 22.5. The molecule has 0 aliphatic heterocycles. The Hall–Kier alpha value is -0.767. The van der Waals surface area contributed by atoms with Crippen LogP contribution in [-0.4, -0.2) is 63.0 Å². The van der Waals surface area contributed by atoms with E-state index in [-0.39, 0.29) is 19.5 Å². The quantitative estimate of drug-likeness (QED) is 0.171. The maximum Gasteiger partial charge on any atom is 1.00 e. The van der Waals surface area contributed by atoms with Gasteiger partial charge in [-0.2, -0.15) is 0 Å². The standard InChI is InChI=1S/C16H27N2O2.Ru/c1-15(2)7-8-16(3)20-14-6-9-17(4)10-11-18(5)12-13-19;/h7-8H,1,3,6,9-12,14H2,2,4-5H3;/q-1;+1/b8-7-;. The van der Waals surface area contributed by atoms with Crippen LogP contribution in [0.25, 0.3) is 0 Å². The van der Waals surface area contributed by atoms with E-state index in [9.17, 15) is 4.79 Å². The van der Waals surface area contributed by atoms with Crippen LogP contribution in [0.1, 0.15) is 13.3 Å². The van der Waals surface area contributed by atoms with Gasteiger partial charge in [-0.3, -0.25) is 0 Å². The Kier molecular flexibility index (Phi) is 15.2. The normalized spacial score (nSPS) is 10.7. The van der Waals surface area contributed by atoms with Gasteiger partial charge in [-0.05, 0) is 33.5 Å². The Bertz CT molecular complexity index is 343. The van der Waals surface area contributed by atoms with Gasteiger partial charge in [0.1, 0.15) is 5.76 Å². The number of ether oxygens (including phenoxy) is 1. The third-order valence-corrected chi connectivity index (χ3v) is 2.72. The molecule has 121 valence electrons. The number of rotatable bonds is 12. The molecule has 1 radical (unpaired) electrons. The van der Waals surface area contributed by atoms with Gasteiger partial charge in [-0.25, -0.2) is 6.29 Å². The molecule has 0 fully saturated rings. The zero-order valence-corrected chi connectivity index (χ0v) is 15.1. The molecule has 0 aromatic carbocycles. The van der Waals surface area contributed by atoms with Crippen molar-refractivity contribution in [3.05, 3.63) is 36.6 Å². The van der Waals surface area contributed by atoms with Crippen molar-refractivity contribution < 1.29 is 29.0 Å². The summed E-state index contributed by atoms with van der Waals surface area (Å²) in [6.45, 7) is 13.3. The monoisotopic (exact) mass is 381 g/mol. The average Bonchev–Trinajstić information content (AvgIpc) is 2.39. The van der Waals surface area contributed by atoms with Crippen LogP contribution in [0.2, 0.25) is 0 Å². The molecule has 4 nitrogen and oxygen atoms in total. The molecule has 21 heavy (non-hydrogen) atoms. The van der Waals surface area contributed by atoms with Crippen molar-refractivity contribution in [1.82, 2.24) is 9.80 Å². The number of allylic oxidation sites excluding steroid dienone is 3. The molecule has 0 saturated carbocycles. The molecular formula is C16H27N2O2Ru. The number of hydrogen-bond donors (Lipinski definition) is 0. The number of carbonyl (C=O) groups excluding carboxylic acids is 1. The van der Waals surface area contributed by atoms with E-state index < -0.39 is 0 Å². The number of hydrogen-bond acceptors (Lipinski definition) is 4. The topological polar surface area (TPSA) is 32.8 Å². The van der Waals surface area contributed by atoms with Crippen LogP contribution in [0.4, 0.5) is 0 Å². The molecule has 0 spiro atoms. The number of nitrogens with zero attached hydrogens (tertiary/aromatic N) is 2. The minimum absolute atomic E-state index is 0. The van der Waals surface area contributed by atoms with Crippen LogP contribution in [0.15, 0.2) is 36.6 Å². The summed E-state index contributed by atoms with van der Waals surface area (Å²) >= 11 is 0. The summed E-state index contributed by atoms with van der Waals surface area (Å²) in [5.41, 5.74) is 0.978. The van der Waals surface area contributed by atoms with E-state index in [4.69, 9.17) is 4.74 Å². The smallest absolute Gasteiger partial charge is 0.541 e. The second-order valence-corrected chi connectivity index (χ2v) is 5.03. The minimum Gasteiger partial charge on any atom is -0.541 e. The summed E-state index contributed by atoms with van der Waals surface area (Å²) in [6, 6.07) is 0. The fourth-order valence-corrected chi connectivity index (χ4v) is 1.46. The second-order valence-electron chi connectivity index (χ2n) is 5.03. The van der Waals surface area contributed by atoms with Gasteiger partial charge in [0.2, 0.25) is 0 Å². The van der Waals surface area contributed by atoms with Crippen molar-refractivity contribution in [2.24, 2.45) is 0 Å². The number of likely N-dealkylation sites (N-methyl/N-ethyl adjacent to an activating group) is 2. The van der Waals surface area contributed by atoms with Crippen LogP contribution in [0.5, 0.6) is 0 Å². The Balaban J connectivity index is 0. The molecule has 0 aliphatic carbocycles. The van der Waals surface area contributed by atoms with Gasteiger partial charge >= 0.3 is 19.5 Å². The van der Waals surface area contributed by atoms with E-state index in [1.807, 2.05) is 37.3 Å². The molecule has 0 N–H and O–H groups in total. The zero-order chi connectivity index (χ0) is 15.4. The van der Waals surface area contributed by atoms with E-state index >= 15 is 0 Å². The Morgan fingerprint density at radius 1 is 1.14 bits per heavy atom. The van der Waals surface area contributed by atoms with Crippen molar-refractivity contribution in [3.8, 4) is 0 Å². The van der Waals surface area contributed by atoms with E-state index in [1.165, 1.54) is 0 Å². The van der Waals surface area contributed by atoms with Crippen LogP contribution in [0.3, 0.4) is 0 Å². The van der Waals surface area contributed by atoms with E-state index in [0.29, 0.717) is 18.9 Å². The average molecular weight is 380 g/mol. The van der Waals surface area contributed by atoms with Crippen LogP contribution in [-0.2, 0) is 29.0 Å². The third kappa shape index (κ3) is 15.4. The van der Waals surface area contributed by atoms with Crippen LogP contribution < -0.4 is 0 Å². The Labute approximate surface area is 142 Å². The molecular weight excluding hydrogens is 353 g/mol. The molecule has 0 heterocycles. The molecule has 0 aliphatic rings. The summed E-state index contributed by atoms with van der Waals surface area (Å²) in [4.78, 5) is 14.4. The van der Waals surface area contributed by atoms with Gasteiger partial charge in [0.25, 0.3) is 0 Å². The predicted molar refractivity (Wildman–Crippen MR) is 84.4 cm³/mol. The maximum absolute atomic E-state index is 10.2. The van der Waals surface area contributed by atoms with Gasteiger partial charge < -0.3 is 19.3 Å². The van der Waals surface area contributed by atoms with Crippen LogP contribution in [0, 0.1) is 0 Å². The molecule has 0 unspecified atom stereocenters. The Morgan fingerprint density at radius 3 is 2.33 bits per heavy atom. The van der Waals surface area contributed by atoms with Gasteiger partial charge in [0.05, 0.1) is 6.61 Å². The molecule has 0 bridgehead atoms. The summed E-state index contributed by atoms with van der Waals surface area (Å²) in [7, 11) is 3.98. The first-order valence-corrected chi connectivity index (χ1v) is 6.83. The molecule has 0 aromatic heterocycles. The largest absolute Gasteiger partial charge is 1.00 e. The summed E-state index contributed by atoms with van der Waals surface area (Å²) < 4.78 is 5.50. The third-order valence-electron chi connectivity index (χ3n) is 2.72. The second kappa shape index (κ2) is 14.2. The molecule has 0 rings (SSSR count). The molecule has 0 aromatic rings. The predicted octanol–water partition coefficient (Wildman–Crippen LogP) is 2.01. The van der Waals surface area contributed by atoms with Crippen molar-refractivity contribution in [2.45, 2.75) is 13.3 Å².